The number of nitrogens with zero attached hydrogens (tertiary/aromatic N) is 1. The number of rotatable bonds is 6. The lowest BCUT2D eigenvalue weighted by molar-refractivity contribution is -0.121. The van der Waals surface area contributed by atoms with Gasteiger partial charge in [-0.3, -0.25) is 9.59 Å². The highest BCUT2D eigenvalue weighted by atomic mass is 32.2. The maximum Gasteiger partial charge on any atom is 0.254 e. The molecule has 2 rings (SSSR count). The van der Waals surface area contributed by atoms with Crippen LogP contribution in [0.25, 0.3) is 0 Å². The van der Waals surface area contributed by atoms with Crippen LogP contribution in [0, 0.1) is 12.8 Å². The van der Waals surface area contributed by atoms with E-state index in [0.29, 0.717) is 10.7 Å². The lowest BCUT2D eigenvalue weighted by Gasteiger charge is -2.22. The maximum atomic E-state index is 12.7. The summed E-state index contributed by atoms with van der Waals surface area (Å²) < 4.78 is 0. The molecule has 128 valence electrons. The lowest BCUT2D eigenvalue weighted by Crippen LogP contribution is -2.37. The molecular formula is C18H23N3O2S. The minimum atomic E-state index is -0.331. The molecule has 1 heterocycles. The highest BCUT2D eigenvalue weighted by Gasteiger charge is 2.26. The molecule has 2 unspecified atom stereocenters. The molecule has 1 aromatic heterocycles. The van der Waals surface area contributed by atoms with Crippen LogP contribution in [0.2, 0.25) is 0 Å². The van der Waals surface area contributed by atoms with Gasteiger partial charge in [0.25, 0.3) is 5.56 Å². The van der Waals surface area contributed by atoms with Crippen LogP contribution in [-0.4, -0.2) is 21.1 Å². The molecular weight excluding hydrogens is 322 g/mol. The predicted octanol–water partition coefficient (Wildman–Crippen LogP) is 3.07. The second-order valence-corrected chi connectivity index (χ2v) is 7.25. The van der Waals surface area contributed by atoms with Gasteiger partial charge in [0, 0.05) is 11.8 Å². The summed E-state index contributed by atoms with van der Waals surface area (Å²) in [5, 5.41) is 3.18. The zero-order valence-electron chi connectivity index (χ0n) is 14.4. The van der Waals surface area contributed by atoms with Gasteiger partial charge in [-0.25, -0.2) is 4.98 Å². The fourth-order valence-electron chi connectivity index (χ4n) is 2.24. The summed E-state index contributed by atoms with van der Waals surface area (Å²) in [6.07, 6.45) is 1.53. The number of amides is 1. The largest absolute Gasteiger partial charge is 0.349 e. The van der Waals surface area contributed by atoms with Crippen LogP contribution in [0.15, 0.2) is 46.5 Å². The molecule has 5 nitrogen and oxygen atoms in total. The van der Waals surface area contributed by atoms with E-state index in [1.54, 1.807) is 6.92 Å². The van der Waals surface area contributed by atoms with E-state index < -0.39 is 0 Å². The molecule has 0 saturated carbocycles. The normalized spacial score (nSPS) is 13.5. The first-order valence-electron chi connectivity index (χ1n) is 7.96. The van der Waals surface area contributed by atoms with E-state index in [-0.39, 0.29) is 28.7 Å². The number of aryl methyl sites for hydroxylation is 1. The third-order valence-corrected chi connectivity index (χ3v) is 5.16. The molecule has 0 aliphatic carbocycles. The number of hydrogen-bond donors (Lipinski definition) is 2. The van der Waals surface area contributed by atoms with Crippen LogP contribution in [0.5, 0.6) is 0 Å². The maximum absolute atomic E-state index is 12.7. The Labute approximate surface area is 146 Å². The SMILES string of the molecule is Cc1cnc(SC(C(=O)NC(C)c2ccccc2)C(C)C)[nH]c1=O. The summed E-state index contributed by atoms with van der Waals surface area (Å²) in [6, 6.07) is 9.75. The van der Waals surface area contributed by atoms with Crippen LogP contribution in [-0.2, 0) is 4.79 Å². The summed E-state index contributed by atoms with van der Waals surface area (Å²) >= 11 is 1.29. The smallest absolute Gasteiger partial charge is 0.254 e. The lowest BCUT2D eigenvalue weighted by atomic mass is 10.1. The number of hydrogen-bond acceptors (Lipinski definition) is 4. The third-order valence-electron chi connectivity index (χ3n) is 3.71. The molecule has 0 aliphatic rings. The van der Waals surface area contributed by atoms with Gasteiger partial charge < -0.3 is 10.3 Å². The van der Waals surface area contributed by atoms with Gasteiger partial charge in [-0.15, -0.1) is 0 Å². The monoisotopic (exact) mass is 345 g/mol. The van der Waals surface area contributed by atoms with E-state index in [1.807, 2.05) is 51.1 Å². The predicted molar refractivity (Wildman–Crippen MR) is 97.1 cm³/mol. The molecule has 0 radical (unpaired) electrons. The fraction of sp³-hybridized carbons (Fsp3) is 0.389. The van der Waals surface area contributed by atoms with Crippen molar-refractivity contribution in [1.82, 2.24) is 15.3 Å². The molecule has 1 amide bonds. The highest BCUT2D eigenvalue weighted by molar-refractivity contribution is 8.00. The minimum Gasteiger partial charge on any atom is -0.349 e. The van der Waals surface area contributed by atoms with Gasteiger partial charge in [0.05, 0.1) is 11.3 Å². The summed E-state index contributed by atoms with van der Waals surface area (Å²) in [4.78, 5) is 31.3. The number of aromatic nitrogens is 2. The van der Waals surface area contributed by atoms with Gasteiger partial charge in [0.2, 0.25) is 5.91 Å². The second kappa shape index (κ2) is 8.15. The Bertz CT molecular complexity index is 743. The number of H-pyrrole nitrogens is 1. The topological polar surface area (TPSA) is 74.8 Å². The molecule has 2 aromatic rings. The Morgan fingerprint density at radius 2 is 1.88 bits per heavy atom. The van der Waals surface area contributed by atoms with Crippen molar-refractivity contribution in [1.29, 1.82) is 0 Å². The second-order valence-electron chi connectivity index (χ2n) is 6.12. The quantitative estimate of drug-likeness (QED) is 0.623. The molecule has 24 heavy (non-hydrogen) atoms. The van der Waals surface area contributed by atoms with E-state index in [2.05, 4.69) is 15.3 Å². The fourth-order valence-corrected chi connectivity index (χ4v) is 3.19. The first kappa shape index (κ1) is 18.3. The molecule has 0 fully saturated rings. The van der Waals surface area contributed by atoms with Gasteiger partial charge in [0.1, 0.15) is 0 Å². The van der Waals surface area contributed by atoms with Crippen molar-refractivity contribution in [3.63, 3.8) is 0 Å². The number of carbonyl (C=O) groups is 1. The average molecular weight is 345 g/mol. The number of carbonyl (C=O) groups excluding carboxylic acids is 1. The number of benzene rings is 1. The van der Waals surface area contributed by atoms with E-state index in [4.69, 9.17) is 0 Å². The van der Waals surface area contributed by atoms with Crippen molar-refractivity contribution in [2.45, 2.75) is 44.1 Å². The van der Waals surface area contributed by atoms with Crippen molar-refractivity contribution in [2.75, 3.05) is 0 Å². The number of thioether (sulfide) groups is 1. The van der Waals surface area contributed by atoms with Gasteiger partial charge >= 0.3 is 0 Å². The van der Waals surface area contributed by atoms with Crippen molar-refractivity contribution < 1.29 is 4.79 Å². The third kappa shape index (κ3) is 4.71. The first-order chi connectivity index (χ1) is 11.4. The first-order valence-corrected chi connectivity index (χ1v) is 8.84. The van der Waals surface area contributed by atoms with Crippen molar-refractivity contribution in [3.05, 3.63) is 58.0 Å². The van der Waals surface area contributed by atoms with E-state index >= 15 is 0 Å². The Morgan fingerprint density at radius 1 is 1.21 bits per heavy atom. The van der Waals surface area contributed by atoms with Gasteiger partial charge in [0.15, 0.2) is 5.16 Å². The number of aromatic amines is 1. The summed E-state index contributed by atoms with van der Waals surface area (Å²) in [6.45, 7) is 7.63. The molecule has 0 aliphatic heterocycles. The van der Waals surface area contributed by atoms with Crippen LogP contribution in [0.4, 0.5) is 0 Å². The molecule has 0 bridgehead atoms. The van der Waals surface area contributed by atoms with Crippen LogP contribution in [0.1, 0.15) is 37.9 Å². The Balaban J connectivity index is 2.10. The zero-order valence-corrected chi connectivity index (χ0v) is 15.2. The Kier molecular flexibility index (Phi) is 6.20. The summed E-state index contributed by atoms with van der Waals surface area (Å²) in [5.74, 6) is 0.0409. The number of nitrogens with one attached hydrogen (secondary N) is 2. The van der Waals surface area contributed by atoms with E-state index in [1.165, 1.54) is 18.0 Å². The van der Waals surface area contributed by atoms with Gasteiger partial charge in [-0.1, -0.05) is 55.9 Å². The van der Waals surface area contributed by atoms with Crippen LogP contribution in [0.3, 0.4) is 0 Å². The summed E-state index contributed by atoms with van der Waals surface area (Å²) in [7, 11) is 0. The van der Waals surface area contributed by atoms with E-state index in [9.17, 15) is 9.59 Å². The van der Waals surface area contributed by atoms with E-state index in [0.717, 1.165) is 5.56 Å². The van der Waals surface area contributed by atoms with Crippen molar-refractivity contribution in [2.24, 2.45) is 5.92 Å². The molecule has 2 N–H and O–H groups in total. The Hall–Kier alpha value is -2.08. The van der Waals surface area contributed by atoms with Crippen molar-refractivity contribution >= 4 is 17.7 Å². The van der Waals surface area contributed by atoms with Crippen LogP contribution >= 0.6 is 11.8 Å². The van der Waals surface area contributed by atoms with Crippen molar-refractivity contribution in [3.8, 4) is 0 Å². The molecule has 1 aromatic carbocycles. The molecule has 2 atom stereocenters. The zero-order chi connectivity index (χ0) is 17.7. The molecule has 0 spiro atoms. The Morgan fingerprint density at radius 3 is 2.46 bits per heavy atom. The highest BCUT2D eigenvalue weighted by Crippen LogP contribution is 2.26. The summed E-state index contributed by atoms with van der Waals surface area (Å²) in [5.41, 5.74) is 1.44. The van der Waals surface area contributed by atoms with Gasteiger partial charge in [-0.05, 0) is 25.3 Å². The van der Waals surface area contributed by atoms with Gasteiger partial charge in [-0.2, -0.15) is 0 Å². The minimum absolute atomic E-state index is 0.0606. The standard InChI is InChI=1S/C18H23N3O2S/c1-11(2)15(24-18-19-10-12(3)16(22)21-18)17(23)20-13(4)14-8-6-5-7-9-14/h5-11,13,15H,1-4H3,(H,20,23)(H,19,21,22). The molecule has 0 saturated heterocycles. The average Bonchev–Trinajstić information content (AvgIpc) is 2.56. The van der Waals surface area contributed by atoms with Crippen LogP contribution < -0.4 is 10.9 Å². The molecule has 6 heteroatoms.